The minimum Gasteiger partial charge on any atom is -0.455 e. The van der Waals surface area contributed by atoms with Crippen LogP contribution in [-0.2, 0) is 30.3 Å². The molecule has 6 nitrogen and oxygen atoms in total. The summed E-state index contributed by atoms with van der Waals surface area (Å²) in [6.07, 6.45) is -3.10. The van der Waals surface area contributed by atoms with Crippen molar-refractivity contribution in [3.8, 4) is 0 Å². The quantitative estimate of drug-likeness (QED) is 0.818. The van der Waals surface area contributed by atoms with Crippen LogP contribution in [0, 0.1) is 0 Å². The monoisotopic (exact) mass is 308 g/mol. The van der Waals surface area contributed by atoms with Gasteiger partial charge in [-0.1, -0.05) is 30.3 Å². The van der Waals surface area contributed by atoms with Gasteiger partial charge >= 0.3 is 5.97 Å². The third-order valence-corrected chi connectivity index (χ3v) is 3.72. The molecule has 6 heteroatoms. The van der Waals surface area contributed by atoms with E-state index in [-0.39, 0.29) is 6.61 Å². The molecule has 2 aliphatic rings. The van der Waals surface area contributed by atoms with E-state index in [9.17, 15) is 9.90 Å². The maximum Gasteiger partial charge on any atom is 0.338 e. The van der Waals surface area contributed by atoms with Gasteiger partial charge in [0.25, 0.3) is 0 Å². The number of carbonyl (C=O) groups is 1. The Bertz CT molecular complexity index is 529. The van der Waals surface area contributed by atoms with E-state index < -0.39 is 36.2 Å². The van der Waals surface area contributed by atoms with Gasteiger partial charge in [0.05, 0.1) is 13.2 Å². The summed E-state index contributed by atoms with van der Waals surface area (Å²) in [5.74, 6) is -1.35. The van der Waals surface area contributed by atoms with E-state index >= 15 is 0 Å². The summed E-state index contributed by atoms with van der Waals surface area (Å²) in [5.41, 5.74) is 1.01. The van der Waals surface area contributed by atoms with E-state index in [2.05, 4.69) is 0 Å². The molecule has 0 amide bonds. The molecule has 2 heterocycles. The molecule has 2 aliphatic heterocycles. The Balaban J connectivity index is 1.54. The first kappa shape index (κ1) is 15.4. The van der Waals surface area contributed by atoms with E-state index in [0.717, 1.165) is 5.56 Å². The molecule has 0 radical (unpaired) electrons. The van der Waals surface area contributed by atoms with Crippen molar-refractivity contribution in [3.05, 3.63) is 35.9 Å². The van der Waals surface area contributed by atoms with Crippen LogP contribution in [0.25, 0.3) is 0 Å². The first-order chi connectivity index (χ1) is 10.5. The van der Waals surface area contributed by atoms with Crippen LogP contribution in [0.5, 0.6) is 0 Å². The van der Waals surface area contributed by atoms with Crippen molar-refractivity contribution < 1.29 is 28.8 Å². The molecular weight excluding hydrogens is 288 g/mol. The van der Waals surface area contributed by atoms with Gasteiger partial charge in [-0.2, -0.15) is 0 Å². The lowest BCUT2D eigenvalue weighted by molar-refractivity contribution is -0.196. The van der Waals surface area contributed by atoms with Crippen molar-refractivity contribution in [1.82, 2.24) is 0 Å². The smallest absolute Gasteiger partial charge is 0.338 e. The fourth-order valence-electron chi connectivity index (χ4n) is 2.74. The Morgan fingerprint density at radius 2 is 2.00 bits per heavy atom. The third-order valence-electron chi connectivity index (χ3n) is 3.72. The van der Waals surface area contributed by atoms with E-state index in [4.69, 9.17) is 18.9 Å². The Morgan fingerprint density at radius 1 is 1.27 bits per heavy atom. The van der Waals surface area contributed by atoms with E-state index in [0.29, 0.717) is 6.61 Å². The van der Waals surface area contributed by atoms with E-state index in [1.165, 1.54) is 0 Å². The normalized spacial score (nSPS) is 30.9. The highest BCUT2D eigenvalue weighted by molar-refractivity contribution is 5.78. The van der Waals surface area contributed by atoms with Gasteiger partial charge in [-0.15, -0.1) is 0 Å². The van der Waals surface area contributed by atoms with Crippen LogP contribution in [0.2, 0.25) is 0 Å². The maximum atomic E-state index is 11.8. The molecule has 0 saturated carbocycles. The summed E-state index contributed by atoms with van der Waals surface area (Å²) < 4.78 is 21.8. The lowest BCUT2D eigenvalue weighted by Crippen LogP contribution is -2.41. The van der Waals surface area contributed by atoms with Crippen molar-refractivity contribution in [3.63, 3.8) is 0 Å². The van der Waals surface area contributed by atoms with Crippen LogP contribution in [-0.4, -0.2) is 47.9 Å². The first-order valence-corrected chi connectivity index (χ1v) is 7.32. The molecule has 22 heavy (non-hydrogen) atoms. The van der Waals surface area contributed by atoms with Crippen molar-refractivity contribution in [2.75, 3.05) is 6.61 Å². The van der Waals surface area contributed by atoms with Gasteiger partial charge in [0.1, 0.15) is 12.2 Å². The second kappa shape index (κ2) is 5.96. The average Bonchev–Trinajstić information content (AvgIpc) is 2.94. The zero-order valence-electron chi connectivity index (χ0n) is 12.6. The van der Waals surface area contributed by atoms with Crippen LogP contribution in [0.4, 0.5) is 0 Å². The largest absolute Gasteiger partial charge is 0.455 e. The molecule has 0 bridgehead atoms. The number of hydrogen-bond acceptors (Lipinski definition) is 6. The number of rotatable bonds is 5. The Morgan fingerprint density at radius 3 is 2.73 bits per heavy atom. The number of cyclic esters (lactones) is 1. The summed E-state index contributed by atoms with van der Waals surface area (Å²) in [6.45, 7) is 3.90. The average molecular weight is 308 g/mol. The van der Waals surface area contributed by atoms with Crippen LogP contribution >= 0.6 is 0 Å². The molecule has 3 rings (SSSR count). The Hall–Kier alpha value is -1.47. The van der Waals surface area contributed by atoms with Gasteiger partial charge in [-0.25, -0.2) is 4.79 Å². The highest BCUT2D eigenvalue weighted by atomic mass is 16.8. The lowest BCUT2D eigenvalue weighted by atomic mass is 10.1. The number of carbonyl (C=O) groups excluding carboxylic acids is 1. The first-order valence-electron chi connectivity index (χ1n) is 7.32. The molecule has 0 aliphatic carbocycles. The standard InChI is InChI=1S/C16H20O6/c1-16(2)21-13-12(20-15(18)14(13)22-16)11(17)9-19-8-10-6-4-3-5-7-10/h3-7,11-14,17H,8-9H2,1-2H3/t11-,12+,13+,14+/m0/s1. The van der Waals surface area contributed by atoms with Crippen molar-refractivity contribution >= 4 is 5.97 Å². The molecule has 0 unspecified atom stereocenters. The zero-order valence-corrected chi connectivity index (χ0v) is 12.6. The van der Waals surface area contributed by atoms with Crippen molar-refractivity contribution in [1.29, 1.82) is 0 Å². The molecule has 1 aromatic rings. The number of hydrogen-bond donors (Lipinski definition) is 1. The van der Waals surface area contributed by atoms with Gasteiger partial charge in [-0.3, -0.25) is 0 Å². The molecule has 1 N–H and O–H groups in total. The predicted molar refractivity (Wildman–Crippen MR) is 75.8 cm³/mol. The molecule has 0 aromatic heterocycles. The van der Waals surface area contributed by atoms with Crippen LogP contribution in [0.1, 0.15) is 19.4 Å². The molecular formula is C16H20O6. The molecule has 4 atom stereocenters. The third kappa shape index (κ3) is 3.15. The van der Waals surface area contributed by atoms with Crippen molar-refractivity contribution in [2.24, 2.45) is 0 Å². The predicted octanol–water partition coefficient (Wildman–Crippen LogP) is 1.01. The number of ether oxygens (including phenoxy) is 4. The molecule has 2 saturated heterocycles. The number of aliphatic hydroxyl groups is 1. The van der Waals surface area contributed by atoms with Gasteiger partial charge < -0.3 is 24.1 Å². The zero-order chi connectivity index (χ0) is 15.7. The number of fused-ring (bicyclic) bond motifs is 1. The van der Waals surface area contributed by atoms with E-state index in [1.54, 1.807) is 13.8 Å². The highest BCUT2D eigenvalue weighted by Crippen LogP contribution is 2.37. The number of esters is 1. The minimum absolute atomic E-state index is 0.0554. The SMILES string of the molecule is CC1(C)O[C@@H]2[C@@H]([C@@H](O)COCc3ccccc3)OC(=O)[C@@H]2O1. The number of aliphatic hydroxyl groups excluding tert-OH is 1. The van der Waals surface area contributed by atoms with Crippen LogP contribution in [0.15, 0.2) is 30.3 Å². The summed E-state index contributed by atoms with van der Waals surface area (Å²) in [5, 5.41) is 10.2. The minimum atomic E-state index is -0.958. The summed E-state index contributed by atoms with van der Waals surface area (Å²) in [6, 6.07) is 9.65. The molecule has 1 aromatic carbocycles. The lowest BCUT2D eigenvalue weighted by Gasteiger charge is -2.24. The second-order valence-corrected chi connectivity index (χ2v) is 5.99. The van der Waals surface area contributed by atoms with Gasteiger partial charge in [0.2, 0.25) is 0 Å². The molecule has 120 valence electrons. The Kier molecular flexibility index (Phi) is 4.18. The van der Waals surface area contributed by atoms with Gasteiger partial charge in [0.15, 0.2) is 18.0 Å². The van der Waals surface area contributed by atoms with E-state index in [1.807, 2.05) is 30.3 Å². The second-order valence-electron chi connectivity index (χ2n) is 5.99. The maximum absolute atomic E-state index is 11.8. The summed E-state index contributed by atoms with van der Waals surface area (Å²) in [4.78, 5) is 11.8. The fourth-order valence-corrected chi connectivity index (χ4v) is 2.74. The van der Waals surface area contributed by atoms with Crippen LogP contribution in [0.3, 0.4) is 0 Å². The van der Waals surface area contributed by atoms with Gasteiger partial charge in [0, 0.05) is 0 Å². The number of benzene rings is 1. The topological polar surface area (TPSA) is 74.2 Å². The van der Waals surface area contributed by atoms with Crippen molar-refractivity contribution in [2.45, 2.75) is 50.7 Å². The van der Waals surface area contributed by atoms with Gasteiger partial charge in [-0.05, 0) is 19.4 Å². The van der Waals surface area contributed by atoms with Crippen LogP contribution < -0.4 is 0 Å². The fraction of sp³-hybridized carbons (Fsp3) is 0.562. The molecule has 0 spiro atoms. The summed E-state index contributed by atoms with van der Waals surface area (Å²) in [7, 11) is 0. The Labute approximate surface area is 128 Å². The highest BCUT2D eigenvalue weighted by Gasteiger charge is 2.57. The molecule has 2 fully saturated rings. The summed E-state index contributed by atoms with van der Waals surface area (Å²) >= 11 is 0.